The summed E-state index contributed by atoms with van der Waals surface area (Å²) in [5.41, 5.74) is 1.27. The molecule has 0 aliphatic carbocycles. The van der Waals surface area contributed by atoms with Crippen LogP contribution >= 0.6 is 0 Å². The maximum atomic E-state index is 13.8. The van der Waals surface area contributed by atoms with Crippen molar-refractivity contribution < 1.29 is 33.6 Å². The van der Waals surface area contributed by atoms with Gasteiger partial charge in [0.05, 0.1) is 37.6 Å². The molecule has 2 amide bonds. The number of benzene rings is 3. The molecule has 2 aliphatic heterocycles. The van der Waals surface area contributed by atoms with Gasteiger partial charge in [0.25, 0.3) is 11.6 Å². The van der Waals surface area contributed by atoms with Gasteiger partial charge in [-0.05, 0) is 30.3 Å². The van der Waals surface area contributed by atoms with E-state index >= 15 is 0 Å². The summed E-state index contributed by atoms with van der Waals surface area (Å²) in [7, 11) is 4.50. The fourth-order valence-corrected chi connectivity index (χ4v) is 4.79. The molecule has 2 fully saturated rings. The van der Waals surface area contributed by atoms with Crippen molar-refractivity contribution in [2.24, 2.45) is 5.92 Å². The van der Waals surface area contributed by atoms with E-state index in [0.29, 0.717) is 28.5 Å². The Morgan fingerprint density at radius 1 is 0.811 bits per heavy atom. The molecule has 190 valence electrons. The van der Waals surface area contributed by atoms with Crippen molar-refractivity contribution in [2.45, 2.75) is 12.1 Å². The number of fused-ring (bicyclic) bond motifs is 1. The van der Waals surface area contributed by atoms with E-state index in [-0.39, 0.29) is 11.4 Å². The number of nitro benzene ring substituents is 1. The summed E-state index contributed by atoms with van der Waals surface area (Å²) in [6, 6.07) is 16.9. The Labute approximate surface area is 211 Å². The van der Waals surface area contributed by atoms with E-state index < -0.39 is 34.8 Å². The number of para-hydroxylation sites is 1. The van der Waals surface area contributed by atoms with Crippen LogP contribution in [-0.2, 0) is 14.4 Å². The van der Waals surface area contributed by atoms with Gasteiger partial charge in [-0.2, -0.15) is 0 Å². The van der Waals surface area contributed by atoms with E-state index in [2.05, 4.69) is 0 Å². The molecule has 37 heavy (non-hydrogen) atoms. The van der Waals surface area contributed by atoms with Gasteiger partial charge in [-0.3, -0.25) is 24.5 Å². The topological polar surface area (TPSA) is 121 Å². The van der Waals surface area contributed by atoms with E-state index in [1.165, 1.54) is 45.6 Å². The highest BCUT2D eigenvalue weighted by atomic mass is 16.7. The lowest BCUT2D eigenvalue weighted by Gasteiger charge is -2.30. The molecule has 11 nitrogen and oxygen atoms in total. The minimum absolute atomic E-state index is 0.150. The predicted molar refractivity (Wildman–Crippen MR) is 132 cm³/mol. The number of carbonyl (C=O) groups excluding carboxylic acids is 2. The van der Waals surface area contributed by atoms with Crippen LogP contribution in [0.4, 0.5) is 17.1 Å². The predicted octanol–water partition coefficient (Wildman–Crippen LogP) is 3.67. The van der Waals surface area contributed by atoms with E-state index in [9.17, 15) is 19.7 Å². The molecule has 0 saturated carbocycles. The number of carbonyl (C=O) groups is 2. The van der Waals surface area contributed by atoms with Gasteiger partial charge in [-0.25, -0.2) is 9.96 Å². The molecule has 3 aromatic rings. The summed E-state index contributed by atoms with van der Waals surface area (Å²) in [6.07, 6.45) is -1.12. The zero-order valence-electron chi connectivity index (χ0n) is 20.2. The standard InChI is InChI=1S/C26H23N3O8/c1-34-19-14-21(36-3)20(35-2)13-18(19)23-22-24(37-28(23)16-7-5-4-6-8-16)26(31)27(25(22)30)15-9-11-17(12-10-15)29(32)33/h4-14,22-24H,1-3H3/t22-,23-,24-/m0/s1. The van der Waals surface area contributed by atoms with E-state index in [0.717, 1.165) is 4.90 Å². The van der Waals surface area contributed by atoms with Crippen molar-refractivity contribution >= 4 is 28.9 Å². The van der Waals surface area contributed by atoms with E-state index in [1.54, 1.807) is 17.2 Å². The first-order valence-electron chi connectivity index (χ1n) is 11.3. The third-order valence-electron chi connectivity index (χ3n) is 6.50. The zero-order valence-corrected chi connectivity index (χ0v) is 20.2. The molecule has 0 bridgehead atoms. The molecule has 5 rings (SSSR count). The Morgan fingerprint density at radius 3 is 2.03 bits per heavy atom. The Hall–Kier alpha value is -4.64. The summed E-state index contributed by atoms with van der Waals surface area (Å²) < 4.78 is 16.6. The lowest BCUT2D eigenvalue weighted by Crippen LogP contribution is -2.37. The number of ether oxygens (including phenoxy) is 3. The molecule has 2 aliphatic rings. The summed E-state index contributed by atoms with van der Waals surface area (Å²) in [6.45, 7) is 0. The molecule has 0 aromatic heterocycles. The van der Waals surface area contributed by atoms with Crippen molar-refractivity contribution in [3.8, 4) is 17.2 Å². The third kappa shape index (κ3) is 3.89. The van der Waals surface area contributed by atoms with Gasteiger partial charge >= 0.3 is 0 Å². The number of rotatable bonds is 7. The summed E-state index contributed by atoms with van der Waals surface area (Å²) >= 11 is 0. The highest BCUT2D eigenvalue weighted by molar-refractivity contribution is 6.24. The number of hydrogen-bond donors (Lipinski definition) is 0. The van der Waals surface area contributed by atoms with Crippen molar-refractivity contribution in [1.29, 1.82) is 0 Å². The fraction of sp³-hybridized carbons (Fsp3) is 0.231. The van der Waals surface area contributed by atoms with Crippen LogP contribution in [0.1, 0.15) is 11.6 Å². The second kappa shape index (κ2) is 9.43. The molecule has 2 saturated heterocycles. The minimum Gasteiger partial charge on any atom is -0.496 e. The van der Waals surface area contributed by atoms with Crippen LogP contribution in [0.3, 0.4) is 0 Å². The lowest BCUT2D eigenvalue weighted by molar-refractivity contribution is -0.384. The Morgan fingerprint density at radius 2 is 1.43 bits per heavy atom. The molecule has 0 radical (unpaired) electrons. The molecular weight excluding hydrogens is 482 g/mol. The number of hydroxylamine groups is 1. The van der Waals surface area contributed by atoms with Crippen molar-refractivity contribution in [3.63, 3.8) is 0 Å². The normalized spacial score (nSPS) is 20.7. The summed E-state index contributed by atoms with van der Waals surface area (Å²) in [5, 5.41) is 12.6. The number of nitrogens with zero attached hydrogens (tertiary/aromatic N) is 3. The molecule has 2 heterocycles. The second-order valence-electron chi connectivity index (χ2n) is 8.39. The van der Waals surface area contributed by atoms with Gasteiger partial charge in [-0.15, -0.1) is 0 Å². The largest absolute Gasteiger partial charge is 0.496 e. The molecule has 3 atom stereocenters. The Kier molecular flexibility index (Phi) is 6.14. The highest BCUT2D eigenvalue weighted by Gasteiger charge is 2.61. The number of imide groups is 1. The molecular formula is C26H23N3O8. The SMILES string of the molecule is COc1cc(OC)c([C@H]2[C@@H]3C(=O)N(c4ccc([N+](=O)[O-])cc4)C(=O)[C@H]3ON2c2ccccc2)cc1OC. The summed E-state index contributed by atoms with van der Waals surface area (Å²) in [5.74, 6) is -0.725. The molecule has 0 N–H and O–H groups in total. The van der Waals surface area contributed by atoms with E-state index in [1.807, 2.05) is 30.3 Å². The number of hydrogen-bond acceptors (Lipinski definition) is 9. The van der Waals surface area contributed by atoms with Gasteiger partial charge in [0.15, 0.2) is 17.6 Å². The minimum atomic E-state index is -1.12. The molecule has 0 spiro atoms. The number of anilines is 2. The number of nitro groups is 1. The maximum Gasteiger partial charge on any atom is 0.269 e. The summed E-state index contributed by atoms with van der Waals surface area (Å²) in [4.78, 5) is 45.0. The first-order valence-corrected chi connectivity index (χ1v) is 11.3. The van der Waals surface area contributed by atoms with Gasteiger partial charge in [0.2, 0.25) is 5.91 Å². The monoisotopic (exact) mass is 505 g/mol. The maximum absolute atomic E-state index is 13.8. The van der Waals surface area contributed by atoms with Gasteiger partial charge < -0.3 is 14.2 Å². The van der Waals surface area contributed by atoms with E-state index in [4.69, 9.17) is 19.0 Å². The quantitative estimate of drug-likeness (QED) is 0.269. The smallest absolute Gasteiger partial charge is 0.269 e. The highest BCUT2D eigenvalue weighted by Crippen LogP contribution is 2.51. The molecule has 0 unspecified atom stereocenters. The van der Waals surface area contributed by atoms with Crippen LogP contribution < -0.4 is 24.2 Å². The number of amides is 2. The zero-order chi connectivity index (χ0) is 26.3. The van der Waals surface area contributed by atoms with Crippen molar-refractivity contribution in [1.82, 2.24) is 0 Å². The van der Waals surface area contributed by atoms with Crippen LogP contribution in [0, 0.1) is 16.0 Å². The third-order valence-corrected chi connectivity index (χ3v) is 6.50. The molecule has 3 aromatic carbocycles. The van der Waals surface area contributed by atoms with Crippen molar-refractivity contribution in [2.75, 3.05) is 31.3 Å². The number of non-ortho nitro benzene ring substituents is 1. The average molecular weight is 505 g/mol. The Bertz CT molecular complexity index is 1360. The van der Waals surface area contributed by atoms with Crippen LogP contribution in [0.5, 0.6) is 17.2 Å². The van der Waals surface area contributed by atoms with Crippen LogP contribution in [-0.4, -0.2) is 44.2 Å². The fourth-order valence-electron chi connectivity index (χ4n) is 4.79. The first kappa shape index (κ1) is 24.1. The number of methoxy groups -OCH3 is 3. The van der Waals surface area contributed by atoms with Crippen LogP contribution in [0.25, 0.3) is 0 Å². The van der Waals surface area contributed by atoms with Crippen LogP contribution in [0.15, 0.2) is 66.7 Å². The second-order valence-corrected chi connectivity index (χ2v) is 8.39. The van der Waals surface area contributed by atoms with Gasteiger partial charge in [0.1, 0.15) is 17.7 Å². The average Bonchev–Trinajstić information content (AvgIpc) is 3.43. The Balaban J connectivity index is 1.62. The first-order chi connectivity index (χ1) is 17.9. The van der Waals surface area contributed by atoms with Crippen LogP contribution in [0.2, 0.25) is 0 Å². The lowest BCUT2D eigenvalue weighted by atomic mass is 9.89. The van der Waals surface area contributed by atoms with Crippen molar-refractivity contribution in [3.05, 3.63) is 82.4 Å². The molecule has 11 heteroatoms. The van der Waals surface area contributed by atoms with Gasteiger partial charge in [0, 0.05) is 23.8 Å². The van der Waals surface area contributed by atoms with Gasteiger partial charge in [-0.1, -0.05) is 18.2 Å².